The highest BCUT2D eigenvalue weighted by molar-refractivity contribution is 5.88. The highest BCUT2D eigenvalue weighted by Gasteiger charge is 2.34. The van der Waals surface area contributed by atoms with Crippen LogP contribution in [0.25, 0.3) is 11.3 Å². The third-order valence-electron chi connectivity index (χ3n) is 4.50. The number of anilines is 2. The summed E-state index contributed by atoms with van der Waals surface area (Å²) in [6, 6.07) is 9.06. The highest BCUT2D eigenvalue weighted by Crippen LogP contribution is 2.36. The molecule has 4 rings (SSSR count). The van der Waals surface area contributed by atoms with Crippen molar-refractivity contribution < 1.29 is 13.2 Å². The molecule has 0 spiro atoms. The third kappa shape index (κ3) is 4.12. The molecule has 30 heavy (non-hydrogen) atoms. The third-order valence-corrected chi connectivity index (χ3v) is 4.50. The van der Waals surface area contributed by atoms with E-state index < -0.39 is 11.7 Å². The van der Waals surface area contributed by atoms with E-state index in [0.29, 0.717) is 23.0 Å². The van der Waals surface area contributed by atoms with Gasteiger partial charge in [0.25, 0.3) is 0 Å². The number of aromatic nitrogens is 3. The number of benzene rings is 1. The van der Waals surface area contributed by atoms with Crippen molar-refractivity contribution in [2.75, 3.05) is 5.32 Å². The lowest BCUT2D eigenvalue weighted by Crippen LogP contribution is -2.17. The quantitative estimate of drug-likeness (QED) is 0.628. The number of dihydropyridines is 1. The fraction of sp³-hybridized carbons (Fsp3) is 0.0909. The topological polar surface area (TPSA) is 54.8 Å². The summed E-state index contributed by atoms with van der Waals surface area (Å²) < 4.78 is 42.2. The standard InChI is InChI=1S/C22H18F3N5/c1-14-9-16(10-19(28-14)17-5-3-4-6-18(17)22(23,24)25)15-7-8-26-20(11-15)29-21-12-30(2)13-27-21/h3-13,28H,1H2,2H3,(H,26,29). The van der Waals surface area contributed by atoms with E-state index in [1.54, 1.807) is 41.4 Å². The van der Waals surface area contributed by atoms with Gasteiger partial charge in [0.1, 0.15) is 11.6 Å². The van der Waals surface area contributed by atoms with Gasteiger partial charge in [-0.05, 0) is 41.5 Å². The van der Waals surface area contributed by atoms with Crippen molar-refractivity contribution in [2.24, 2.45) is 7.05 Å². The van der Waals surface area contributed by atoms with Crippen molar-refractivity contribution in [2.45, 2.75) is 6.18 Å². The first kappa shape index (κ1) is 19.5. The monoisotopic (exact) mass is 409 g/mol. The van der Waals surface area contributed by atoms with Crippen LogP contribution >= 0.6 is 0 Å². The molecule has 5 nitrogen and oxygen atoms in total. The fourth-order valence-electron chi connectivity index (χ4n) is 3.19. The van der Waals surface area contributed by atoms with Crippen molar-refractivity contribution in [1.29, 1.82) is 0 Å². The highest BCUT2D eigenvalue weighted by atomic mass is 19.4. The average molecular weight is 409 g/mol. The first-order valence-corrected chi connectivity index (χ1v) is 9.07. The SMILES string of the molecule is C=C1C=C(c2ccnc(Nc3cn(C)cn3)c2)C=C(c2ccccc2C(F)(F)F)N1. The minimum Gasteiger partial charge on any atom is -0.355 e. The second kappa shape index (κ2) is 7.55. The van der Waals surface area contributed by atoms with E-state index in [1.165, 1.54) is 12.1 Å². The first-order chi connectivity index (χ1) is 14.3. The van der Waals surface area contributed by atoms with E-state index in [9.17, 15) is 13.2 Å². The molecule has 0 saturated heterocycles. The van der Waals surface area contributed by atoms with Crippen LogP contribution in [-0.4, -0.2) is 14.5 Å². The molecule has 2 N–H and O–H groups in total. The lowest BCUT2D eigenvalue weighted by Gasteiger charge is -2.21. The average Bonchev–Trinajstić information content (AvgIpc) is 3.11. The fourth-order valence-corrected chi connectivity index (χ4v) is 3.19. The Kier molecular flexibility index (Phi) is 4.91. The predicted octanol–water partition coefficient (Wildman–Crippen LogP) is 5.12. The smallest absolute Gasteiger partial charge is 0.355 e. The van der Waals surface area contributed by atoms with Gasteiger partial charge in [-0.3, -0.25) is 0 Å². The summed E-state index contributed by atoms with van der Waals surface area (Å²) >= 11 is 0. The van der Waals surface area contributed by atoms with Crippen molar-refractivity contribution in [1.82, 2.24) is 19.9 Å². The maximum Gasteiger partial charge on any atom is 0.417 e. The number of imidazole rings is 1. The Morgan fingerprint density at radius 2 is 1.87 bits per heavy atom. The van der Waals surface area contributed by atoms with Gasteiger partial charge >= 0.3 is 6.18 Å². The molecule has 1 aliphatic rings. The number of alkyl halides is 3. The molecule has 0 atom stereocenters. The van der Waals surface area contributed by atoms with E-state index in [0.717, 1.165) is 17.2 Å². The lowest BCUT2D eigenvalue weighted by atomic mass is 9.96. The molecule has 0 fully saturated rings. The molecular formula is C22H18F3N5. The van der Waals surface area contributed by atoms with Crippen molar-refractivity contribution in [3.05, 3.63) is 96.2 Å². The van der Waals surface area contributed by atoms with Gasteiger partial charge < -0.3 is 15.2 Å². The summed E-state index contributed by atoms with van der Waals surface area (Å²) in [5, 5.41) is 6.06. The first-order valence-electron chi connectivity index (χ1n) is 9.07. The van der Waals surface area contributed by atoms with Crippen LogP contribution in [0.3, 0.4) is 0 Å². The van der Waals surface area contributed by atoms with Gasteiger partial charge in [-0.15, -0.1) is 0 Å². The molecule has 152 valence electrons. The second-order valence-electron chi connectivity index (χ2n) is 6.83. The molecule has 0 radical (unpaired) electrons. The van der Waals surface area contributed by atoms with Crippen LogP contribution in [0.4, 0.5) is 24.8 Å². The van der Waals surface area contributed by atoms with Crippen LogP contribution in [0.15, 0.2) is 79.5 Å². The summed E-state index contributed by atoms with van der Waals surface area (Å²) in [7, 11) is 1.86. The zero-order chi connectivity index (χ0) is 21.3. The van der Waals surface area contributed by atoms with Gasteiger partial charge in [0.05, 0.1) is 11.9 Å². The van der Waals surface area contributed by atoms with E-state index in [4.69, 9.17) is 0 Å². The van der Waals surface area contributed by atoms with Crippen molar-refractivity contribution >= 4 is 22.9 Å². The van der Waals surface area contributed by atoms with Gasteiger partial charge in [0, 0.05) is 36.4 Å². The Hall–Kier alpha value is -3.81. The van der Waals surface area contributed by atoms with Gasteiger partial charge in [0.2, 0.25) is 0 Å². The van der Waals surface area contributed by atoms with Gasteiger partial charge in [0.15, 0.2) is 0 Å². The van der Waals surface area contributed by atoms with E-state index in [2.05, 4.69) is 27.2 Å². The molecule has 3 heterocycles. The predicted molar refractivity (Wildman–Crippen MR) is 110 cm³/mol. The Morgan fingerprint density at radius 1 is 1.07 bits per heavy atom. The molecule has 1 aliphatic heterocycles. The molecule has 3 aromatic rings. The normalized spacial score (nSPS) is 14.1. The number of rotatable bonds is 4. The van der Waals surface area contributed by atoms with Crippen molar-refractivity contribution in [3.8, 4) is 0 Å². The molecule has 2 aromatic heterocycles. The molecule has 0 unspecified atom stereocenters. The van der Waals surface area contributed by atoms with E-state index in [-0.39, 0.29) is 5.56 Å². The maximum absolute atomic E-state index is 13.5. The summed E-state index contributed by atoms with van der Waals surface area (Å²) in [6.07, 6.45) is 4.10. The molecular weight excluding hydrogens is 391 g/mol. The van der Waals surface area contributed by atoms with Gasteiger partial charge in [-0.25, -0.2) is 9.97 Å². The maximum atomic E-state index is 13.5. The molecule has 8 heteroatoms. The van der Waals surface area contributed by atoms with E-state index in [1.807, 2.05) is 19.3 Å². The number of halogens is 3. The number of pyridine rings is 1. The zero-order valence-corrected chi connectivity index (χ0v) is 16.0. The number of hydrogen-bond acceptors (Lipinski definition) is 4. The van der Waals surface area contributed by atoms with Crippen LogP contribution in [0, 0.1) is 0 Å². The van der Waals surface area contributed by atoms with Gasteiger partial charge in [-0.2, -0.15) is 13.2 Å². The Bertz CT molecular complexity index is 1170. The molecule has 0 bridgehead atoms. The van der Waals surface area contributed by atoms with Crippen LogP contribution in [0.1, 0.15) is 16.7 Å². The minimum absolute atomic E-state index is 0.0673. The number of nitrogens with zero attached hydrogens (tertiary/aromatic N) is 3. The minimum atomic E-state index is -4.46. The number of allylic oxidation sites excluding steroid dienone is 3. The summed E-state index contributed by atoms with van der Waals surface area (Å²) in [6.45, 7) is 3.90. The molecule has 0 aliphatic carbocycles. The second-order valence-corrected chi connectivity index (χ2v) is 6.83. The van der Waals surface area contributed by atoms with Crippen LogP contribution in [-0.2, 0) is 13.2 Å². The largest absolute Gasteiger partial charge is 0.417 e. The summed E-state index contributed by atoms with van der Waals surface area (Å²) in [5.41, 5.74) is 1.70. The number of nitrogens with one attached hydrogen (secondary N) is 2. The van der Waals surface area contributed by atoms with Crippen molar-refractivity contribution in [3.63, 3.8) is 0 Å². The summed E-state index contributed by atoms with van der Waals surface area (Å²) in [5.74, 6) is 1.21. The Morgan fingerprint density at radius 3 is 2.60 bits per heavy atom. The zero-order valence-electron chi connectivity index (χ0n) is 16.0. The number of aryl methyl sites for hydroxylation is 1. The van der Waals surface area contributed by atoms with Crippen LogP contribution in [0.5, 0.6) is 0 Å². The van der Waals surface area contributed by atoms with E-state index >= 15 is 0 Å². The molecule has 0 saturated carbocycles. The van der Waals surface area contributed by atoms with Gasteiger partial charge in [-0.1, -0.05) is 24.8 Å². The number of hydrogen-bond donors (Lipinski definition) is 2. The lowest BCUT2D eigenvalue weighted by molar-refractivity contribution is -0.137. The Balaban J connectivity index is 1.69. The molecule has 0 amide bonds. The van der Waals surface area contributed by atoms with Crippen LogP contribution in [0.2, 0.25) is 0 Å². The Labute approximate surface area is 171 Å². The van der Waals surface area contributed by atoms with Crippen LogP contribution < -0.4 is 10.6 Å². The molecule has 1 aromatic carbocycles. The summed E-state index contributed by atoms with van der Waals surface area (Å²) in [4.78, 5) is 8.49.